The predicted molar refractivity (Wildman–Crippen MR) is 69.6 cm³/mol. The molecule has 0 aliphatic heterocycles. The molecule has 0 spiro atoms. The standard InChI is InChI=1S/C11H11N3O3S/c12-13-8-4-9(14(15)16)6-10(5-8)17-7-11-2-1-3-18-11/h1-6,13H,7,12H2. The quantitative estimate of drug-likeness (QED) is 0.492. The molecular formula is C11H11N3O3S. The average Bonchev–Trinajstić information content (AvgIpc) is 2.89. The molecule has 1 aromatic heterocycles. The molecule has 94 valence electrons. The number of anilines is 1. The van der Waals surface area contributed by atoms with Gasteiger partial charge in [0.2, 0.25) is 0 Å². The van der Waals surface area contributed by atoms with Crippen LogP contribution in [0.3, 0.4) is 0 Å². The van der Waals surface area contributed by atoms with Gasteiger partial charge < -0.3 is 10.2 Å². The number of ether oxygens (including phenoxy) is 1. The molecule has 0 saturated heterocycles. The highest BCUT2D eigenvalue weighted by atomic mass is 32.1. The Hall–Kier alpha value is -2.12. The van der Waals surface area contributed by atoms with Crippen LogP contribution in [0.5, 0.6) is 5.75 Å². The van der Waals surface area contributed by atoms with E-state index in [9.17, 15) is 10.1 Å². The van der Waals surface area contributed by atoms with E-state index in [1.54, 1.807) is 17.4 Å². The van der Waals surface area contributed by atoms with Crippen LogP contribution in [0.4, 0.5) is 11.4 Å². The minimum Gasteiger partial charge on any atom is -0.488 e. The molecule has 0 bridgehead atoms. The van der Waals surface area contributed by atoms with Crippen LogP contribution < -0.4 is 16.0 Å². The Morgan fingerprint density at radius 3 is 2.89 bits per heavy atom. The van der Waals surface area contributed by atoms with Crippen molar-refractivity contribution in [1.29, 1.82) is 0 Å². The largest absolute Gasteiger partial charge is 0.488 e. The van der Waals surface area contributed by atoms with Gasteiger partial charge in [-0.15, -0.1) is 11.3 Å². The summed E-state index contributed by atoms with van der Waals surface area (Å²) in [5, 5.41) is 12.7. The highest BCUT2D eigenvalue weighted by Gasteiger charge is 2.10. The maximum Gasteiger partial charge on any atom is 0.275 e. The lowest BCUT2D eigenvalue weighted by molar-refractivity contribution is -0.384. The van der Waals surface area contributed by atoms with E-state index in [0.717, 1.165) is 4.88 Å². The normalized spacial score (nSPS) is 10.1. The summed E-state index contributed by atoms with van der Waals surface area (Å²) in [6.07, 6.45) is 0. The molecule has 0 aliphatic carbocycles. The monoisotopic (exact) mass is 265 g/mol. The Bertz CT molecular complexity index is 542. The van der Waals surface area contributed by atoms with Crippen LogP contribution in [0.15, 0.2) is 35.7 Å². The van der Waals surface area contributed by atoms with Crippen molar-refractivity contribution in [2.75, 3.05) is 5.43 Å². The summed E-state index contributed by atoms with van der Waals surface area (Å²) in [5.41, 5.74) is 2.75. The Morgan fingerprint density at radius 1 is 1.44 bits per heavy atom. The van der Waals surface area contributed by atoms with Crippen molar-refractivity contribution in [2.45, 2.75) is 6.61 Å². The number of hydrogen-bond donors (Lipinski definition) is 2. The molecule has 0 fully saturated rings. The second kappa shape index (κ2) is 5.48. The summed E-state index contributed by atoms with van der Waals surface area (Å²) < 4.78 is 5.49. The fraction of sp³-hybridized carbons (Fsp3) is 0.0909. The van der Waals surface area contributed by atoms with E-state index in [0.29, 0.717) is 18.0 Å². The average molecular weight is 265 g/mol. The zero-order valence-corrected chi connectivity index (χ0v) is 10.1. The third-order valence-electron chi connectivity index (χ3n) is 2.23. The molecule has 2 rings (SSSR count). The molecule has 0 aliphatic rings. The van der Waals surface area contributed by atoms with Crippen LogP contribution in [-0.4, -0.2) is 4.92 Å². The number of nitrogen functional groups attached to an aromatic ring is 1. The molecule has 0 saturated carbocycles. The van der Waals surface area contributed by atoms with Gasteiger partial charge >= 0.3 is 0 Å². The summed E-state index contributed by atoms with van der Waals surface area (Å²) in [7, 11) is 0. The zero-order chi connectivity index (χ0) is 13.0. The Kier molecular flexibility index (Phi) is 3.75. The van der Waals surface area contributed by atoms with Gasteiger partial charge in [-0.3, -0.25) is 16.0 Å². The molecular weight excluding hydrogens is 254 g/mol. The number of nitro benzene ring substituents is 1. The first-order valence-corrected chi connectivity index (χ1v) is 5.98. The van der Waals surface area contributed by atoms with Crippen molar-refractivity contribution < 1.29 is 9.66 Å². The van der Waals surface area contributed by atoms with Gasteiger partial charge in [-0.05, 0) is 11.4 Å². The molecule has 1 heterocycles. The van der Waals surface area contributed by atoms with E-state index >= 15 is 0 Å². The van der Waals surface area contributed by atoms with Gasteiger partial charge in [0.05, 0.1) is 16.7 Å². The lowest BCUT2D eigenvalue weighted by Crippen LogP contribution is -2.07. The van der Waals surface area contributed by atoms with Crippen molar-refractivity contribution in [1.82, 2.24) is 0 Å². The number of rotatable bonds is 5. The van der Waals surface area contributed by atoms with Crippen LogP contribution in [0.25, 0.3) is 0 Å². The fourth-order valence-electron chi connectivity index (χ4n) is 1.40. The van der Waals surface area contributed by atoms with Gasteiger partial charge in [0.25, 0.3) is 5.69 Å². The number of benzene rings is 1. The van der Waals surface area contributed by atoms with Crippen LogP contribution in [0, 0.1) is 10.1 Å². The van der Waals surface area contributed by atoms with E-state index in [2.05, 4.69) is 5.43 Å². The topological polar surface area (TPSA) is 90.4 Å². The van der Waals surface area contributed by atoms with E-state index < -0.39 is 4.92 Å². The number of nitrogens with zero attached hydrogens (tertiary/aromatic N) is 1. The molecule has 0 amide bonds. The Morgan fingerprint density at radius 2 is 2.28 bits per heavy atom. The first-order chi connectivity index (χ1) is 8.69. The summed E-state index contributed by atoms with van der Waals surface area (Å²) in [4.78, 5) is 11.3. The summed E-state index contributed by atoms with van der Waals surface area (Å²) in [6, 6.07) is 8.18. The predicted octanol–water partition coefficient (Wildman–Crippen LogP) is 2.52. The minimum absolute atomic E-state index is 0.0633. The van der Waals surface area contributed by atoms with Crippen molar-refractivity contribution in [3.05, 3.63) is 50.7 Å². The summed E-state index contributed by atoms with van der Waals surface area (Å²) in [6.45, 7) is 0.378. The van der Waals surface area contributed by atoms with E-state index in [-0.39, 0.29) is 5.69 Å². The molecule has 1 aromatic carbocycles. The summed E-state index contributed by atoms with van der Waals surface area (Å²) >= 11 is 1.56. The van der Waals surface area contributed by atoms with Crippen LogP contribution in [-0.2, 0) is 6.61 Å². The third-order valence-corrected chi connectivity index (χ3v) is 3.08. The van der Waals surface area contributed by atoms with Gasteiger partial charge in [-0.25, -0.2) is 0 Å². The Balaban J connectivity index is 2.16. The van der Waals surface area contributed by atoms with Crippen molar-refractivity contribution in [3.63, 3.8) is 0 Å². The first-order valence-electron chi connectivity index (χ1n) is 5.10. The van der Waals surface area contributed by atoms with Gasteiger partial charge in [-0.2, -0.15) is 0 Å². The number of nitrogens with one attached hydrogen (secondary N) is 1. The van der Waals surface area contributed by atoms with Gasteiger partial charge in [0.15, 0.2) is 0 Å². The van der Waals surface area contributed by atoms with Crippen molar-refractivity contribution >= 4 is 22.7 Å². The van der Waals surface area contributed by atoms with E-state index in [4.69, 9.17) is 10.6 Å². The number of thiophene rings is 1. The SMILES string of the molecule is NNc1cc(OCc2cccs2)cc([N+](=O)[O-])c1. The van der Waals surface area contributed by atoms with Gasteiger partial charge in [0, 0.05) is 17.0 Å². The molecule has 18 heavy (non-hydrogen) atoms. The lowest BCUT2D eigenvalue weighted by atomic mass is 10.2. The smallest absolute Gasteiger partial charge is 0.275 e. The Labute approximate surface area is 107 Å². The minimum atomic E-state index is -0.487. The fourth-order valence-corrected chi connectivity index (χ4v) is 2.02. The van der Waals surface area contributed by atoms with Crippen molar-refractivity contribution in [3.8, 4) is 5.75 Å². The molecule has 0 unspecified atom stereocenters. The molecule has 3 N–H and O–H groups in total. The number of hydrazine groups is 1. The molecule has 6 nitrogen and oxygen atoms in total. The number of hydrogen-bond acceptors (Lipinski definition) is 6. The lowest BCUT2D eigenvalue weighted by Gasteiger charge is -2.07. The highest BCUT2D eigenvalue weighted by Crippen LogP contribution is 2.26. The maximum absolute atomic E-state index is 10.7. The zero-order valence-electron chi connectivity index (χ0n) is 9.33. The number of nitro groups is 1. The molecule has 0 atom stereocenters. The van der Waals surface area contributed by atoms with E-state index in [1.165, 1.54) is 12.1 Å². The van der Waals surface area contributed by atoms with Gasteiger partial charge in [-0.1, -0.05) is 6.07 Å². The molecule has 2 aromatic rings. The van der Waals surface area contributed by atoms with Crippen LogP contribution in [0.1, 0.15) is 4.88 Å². The second-order valence-corrected chi connectivity index (χ2v) is 4.52. The van der Waals surface area contributed by atoms with Crippen LogP contribution >= 0.6 is 11.3 Å². The molecule has 7 heteroatoms. The third kappa shape index (κ3) is 2.96. The molecule has 0 radical (unpaired) electrons. The highest BCUT2D eigenvalue weighted by molar-refractivity contribution is 7.09. The summed E-state index contributed by atoms with van der Waals surface area (Å²) in [5.74, 6) is 5.66. The van der Waals surface area contributed by atoms with Crippen LogP contribution in [0.2, 0.25) is 0 Å². The second-order valence-electron chi connectivity index (χ2n) is 3.49. The van der Waals surface area contributed by atoms with Gasteiger partial charge in [0.1, 0.15) is 12.4 Å². The first kappa shape index (κ1) is 12.3. The number of non-ortho nitro benzene ring substituents is 1. The number of nitrogens with two attached hydrogens (primary N) is 1. The van der Waals surface area contributed by atoms with Crippen molar-refractivity contribution in [2.24, 2.45) is 5.84 Å². The van der Waals surface area contributed by atoms with E-state index in [1.807, 2.05) is 17.5 Å². The maximum atomic E-state index is 10.7.